The van der Waals surface area contributed by atoms with Gasteiger partial charge in [-0.15, -0.1) is 0 Å². The lowest BCUT2D eigenvalue weighted by atomic mass is 9.88. The third-order valence-corrected chi connectivity index (χ3v) is 6.84. The Hall–Kier alpha value is -1.67. The molecule has 3 unspecified atom stereocenters. The van der Waals surface area contributed by atoms with E-state index in [4.69, 9.17) is 14.2 Å². The predicted molar refractivity (Wildman–Crippen MR) is 122 cm³/mol. The Labute approximate surface area is 186 Å². The van der Waals surface area contributed by atoms with Crippen molar-refractivity contribution in [1.82, 2.24) is 15.5 Å². The van der Waals surface area contributed by atoms with Gasteiger partial charge in [-0.3, -0.25) is 4.99 Å². The lowest BCUT2D eigenvalue weighted by Gasteiger charge is -2.42. The number of morpholine rings is 1. The second kappa shape index (κ2) is 10.8. The fraction of sp³-hybridized carbons (Fsp3) is 0.708. The highest BCUT2D eigenvalue weighted by Gasteiger charge is 2.36. The van der Waals surface area contributed by atoms with Crippen LogP contribution in [0.3, 0.4) is 0 Å². The zero-order chi connectivity index (χ0) is 21.5. The summed E-state index contributed by atoms with van der Waals surface area (Å²) in [4.78, 5) is 6.92. The molecule has 4 rings (SSSR count). The van der Waals surface area contributed by atoms with Gasteiger partial charge in [-0.25, -0.2) is 0 Å². The number of ether oxygens (including phenoxy) is 3. The van der Waals surface area contributed by atoms with Gasteiger partial charge in [-0.1, -0.05) is 30.3 Å². The van der Waals surface area contributed by atoms with Crippen molar-refractivity contribution in [1.29, 1.82) is 0 Å². The standard InChI is InChI=1S/C24H38N4O3/c1-19(20-7-4-3-5-8-20)27-24(10-14-29-15-11-24)18-26-23(25-2)28-12-16-31-22(17-28)21-9-6-13-30-21/h3-5,7-8,19,21-22,27H,6,9-18H2,1-2H3,(H,25,26). The smallest absolute Gasteiger partial charge is 0.193 e. The summed E-state index contributed by atoms with van der Waals surface area (Å²) in [6.07, 6.45) is 4.53. The molecule has 2 N–H and O–H groups in total. The molecule has 3 aliphatic heterocycles. The van der Waals surface area contributed by atoms with Crippen LogP contribution in [0.4, 0.5) is 0 Å². The summed E-state index contributed by atoms with van der Waals surface area (Å²) in [6, 6.07) is 10.9. The summed E-state index contributed by atoms with van der Waals surface area (Å²) >= 11 is 0. The van der Waals surface area contributed by atoms with E-state index in [1.165, 1.54) is 5.56 Å². The molecule has 3 saturated heterocycles. The number of rotatable bonds is 6. The van der Waals surface area contributed by atoms with E-state index < -0.39 is 0 Å². The first-order valence-electron chi connectivity index (χ1n) is 11.8. The topological polar surface area (TPSA) is 67.4 Å². The van der Waals surface area contributed by atoms with Gasteiger partial charge in [-0.05, 0) is 38.2 Å². The maximum Gasteiger partial charge on any atom is 0.193 e. The minimum absolute atomic E-state index is 0.0241. The summed E-state index contributed by atoms with van der Waals surface area (Å²) in [7, 11) is 1.87. The molecule has 7 heteroatoms. The normalized spacial score (nSPS) is 27.8. The predicted octanol–water partition coefficient (Wildman–Crippen LogP) is 2.34. The van der Waals surface area contributed by atoms with Crippen LogP contribution >= 0.6 is 0 Å². The Bertz CT molecular complexity index is 702. The van der Waals surface area contributed by atoms with Gasteiger partial charge in [0.25, 0.3) is 0 Å². The van der Waals surface area contributed by atoms with Crippen molar-refractivity contribution in [3.8, 4) is 0 Å². The van der Waals surface area contributed by atoms with Crippen molar-refractivity contribution in [2.45, 2.75) is 56.4 Å². The third-order valence-electron chi connectivity index (χ3n) is 6.84. The average Bonchev–Trinajstić information content (AvgIpc) is 3.36. The summed E-state index contributed by atoms with van der Waals surface area (Å²) < 4.78 is 17.6. The van der Waals surface area contributed by atoms with E-state index in [1.54, 1.807) is 0 Å². The fourth-order valence-electron chi connectivity index (χ4n) is 4.99. The van der Waals surface area contributed by atoms with Gasteiger partial charge in [0.15, 0.2) is 5.96 Å². The van der Waals surface area contributed by atoms with Crippen molar-refractivity contribution < 1.29 is 14.2 Å². The highest BCUT2D eigenvalue weighted by molar-refractivity contribution is 5.80. The molecule has 0 amide bonds. The second-order valence-corrected chi connectivity index (χ2v) is 8.98. The molecular formula is C24H38N4O3. The van der Waals surface area contributed by atoms with E-state index in [-0.39, 0.29) is 23.8 Å². The van der Waals surface area contributed by atoms with Crippen molar-refractivity contribution in [3.63, 3.8) is 0 Å². The Morgan fingerprint density at radius 3 is 2.61 bits per heavy atom. The lowest BCUT2D eigenvalue weighted by molar-refractivity contribution is -0.0817. The van der Waals surface area contributed by atoms with Crippen LogP contribution in [0.2, 0.25) is 0 Å². The van der Waals surface area contributed by atoms with E-state index >= 15 is 0 Å². The molecule has 3 aliphatic rings. The molecular weight excluding hydrogens is 392 g/mol. The van der Waals surface area contributed by atoms with Crippen LogP contribution in [0.1, 0.15) is 44.2 Å². The van der Waals surface area contributed by atoms with E-state index in [9.17, 15) is 0 Å². The van der Waals surface area contributed by atoms with E-state index in [1.807, 2.05) is 7.05 Å². The molecule has 0 radical (unpaired) electrons. The molecule has 3 heterocycles. The van der Waals surface area contributed by atoms with Crippen molar-refractivity contribution in [3.05, 3.63) is 35.9 Å². The van der Waals surface area contributed by atoms with Crippen LogP contribution in [-0.4, -0.2) is 81.7 Å². The number of guanidine groups is 1. The highest BCUT2D eigenvalue weighted by atomic mass is 16.5. The first kappa shape index (κ1) is 22.5. The van der Waals surface area contributed by atoms with Gasteiger partial charge < -0.3 is 29.7 Å². The Morgan fingerprint density at radius 1 is 1.13 bits per heavy atom. The Balaban J connectivity index is 1.38. The molecule has 3 fully saturated rings. The average molecular weight is 431 g/mol. The van der Waals surface area contributed by atoms with Crippen molar-refractivity contribution >= 4 is 5.96 Å². The summed E-state index contributed by atoms with van der Waals surface area (Å²) in [5.74, 6) is 0.950. The molecule has 0 spiro atoms. The molecule has 0 aromatic heterocycles. The minimum atomic E-state index is -0.0241. The van der Waals surface area contributed by atoms with E-state index in [2.05, 4.69) is 57.8 Å². The molecule has 172 valence electrons. The third kappa shape index (κ3) is 5.77. The van der Waals surface area contributed by atoms with Crippen LogP contribution in [0, 0.1) is 0 Å². The second-order valence-electron chi connectivity index (χ2n) is 8.98. The number of nitrogens with one attached hydrogen (secondary N) is 2. The SMILES string of the molecule is CN=C(NCC1(NC(C)c2ccccc2)CCOCC1)N1CCOC(C2CCCO2)C1. The molecule has 0 bridgehead atoms. The largest absolute Gasteiger partial charge is 0.381 e. The molecule has 1 aromatic rings. The molecule has 1 aromatic carbocycles. The summed E-state index contributed by atoms with van der Waals surface area (Å²) in [5, 5.41) is 7.60. The number of nitrogens with zero attached hydrogens (tertiary/aromatic N) is 2. The molecule has 0 aliphatic carbocycles. The Morgan fingerprint density at radius 2 is 1.90 bits per heavy atom. The van der Waals surface area contributed by atoms with Crippen molar-refractivity contribution in [2.24, 2.45) is 4.99 Å². The molecule has 3 atom stereocenters. The minimum Gasteiger partial charge on any atom is -0.381 e. The number of aliphatic imine (C=N–C) groups is 1. The first-order chi connectivity index (χ1) is 15.2. The van der Waals surface area contributed by atoms with Gasteiger partial charge in [0.1, 0.15) is 6.10 Å². The highest BCUT2D eigenvalue weighted by Crippen LogP contribution is 2.25. The van der Waals surface area contributed by atoms with Crippen molar-refractivity contribution in [2.75, 3.05) is 53.1 Å². The molecule has 0 saturated carbocycles. The van der Waals surface area contributed by atoms with Crippen LogP contribution in [0.5, 0.6) is 0 Å². The van der Waals surface area contributed by atoms with Gasteiger partial charge in [0.05, 0.1) is 12.7 Å². The maximum atomic E-state index is 6.02. The van der Waals surface area contributed by atoms with Crippen LogP contribution in [0.25, 0.3) is 0 Å². The van der Waals surface area contributed by atoms with Gasteiger partial charge >= 0.3 is 0 Å². The van der Waals surface area contributed by atoms with Crippen LogP contribution < -0.4 is 10.6 Å². The summed E-state index contributed by atoms with van der Waals surface area (Å²) in [5.41, 5.74) is 1.29. The molecule has 7 nitrogen and oxygen atoms in total. The fourth-order valence-corrected chi connectivity index (χ4v) is 4.99. The number of benzene rings is 1. The van der Waals surface area contributed by atoms with Gasteiger partial charge in [-0.2, -0.15) is 0 Å². The first-order valence-corrected chi connectivity index (χ1v) is 11.8. The van der Waals surface area contributed by atoms with Gasteiger partial charge in [0, 0.05) is 58.1 Å². The van der Waals surface area contributed by atoms with E-state index in [0.29, 0.717) is 6.61 Å². The van der Waals surface area contributed by atoms with Gasteiger partial charge in [0.2, 0.25) is 0 Å². The summed E-state index contributed by atoms with van der Waals surface area (Å²) in [6.45, 7) is 7.89. The maximum absolute atomic E-state index is 6.02. The zero-order valence-corrected chi connectivity index (χ0v) is 19.0. The number of hydrogen-bond donors (Lipinski definition) is 2. The molecule has 31 heavy (non-hydrogen) atoms. The Kier molecular flexibility index (Phi) is 7.82. The zero-order valence-electron chi connectivity index (χ0n) is 19.0. The van der Waals surface area contributed by atoms with Crippen LogP contribution in [-0.2, 0) is 14.2 Å². The lowest BCUT2D eigenvalue weighted by Crippen LogP contribution is -2.60. The monoisotopic (exact) mass is 430 g/mol. The quantitative estimate of drug-likeness (QED) is 0.533. The number of hydrogen-bond acceptors (Lipinski definition) is 5. The van der Waals surface area contributed by atoms with E-state index in [0.717, 1.165) is 71.1 Å². The van der Waals surface area contributed by atoms with Crippen LogP contribution in [0.15, 0.2) is 35.3 Å².